The molecule has 0 aromatic heterocycles. The number of benzene rings is 9. The maximum atomic E-state index is 15.1. The van der Waals surface area contributed by atoms with Gasteiger partial charge in [-0.15, -0.1) is 23.2 Å². The number of nitrogens with zero attached hydrogens (tertiary/aromatic N) is 2. The molecule has 556 valence electrons. The summed E-state index contributed by atoms with van der Waals surface area (Å²) < 4.78 is 43.7. The minimum Gasteiger partial charge on any atom is -0.395 e. The molecule has 0 fully saturated rings. The van der Waals surface area contributed by atoms with Crippen molar-refractivity contribution >= 4 is 130 Å². The lowest BCUT2D eigenvalue weighted by Gasteiger charge is -2.30. The van der Waals surface area contributed by atoms with Gasteiger partial charge in [-0.3, -0.25) is 24.2 Å². The number of rotatable bonds is 30. The zero-order chi connectivity index (χ0) is 76.7. The van der Waals surface area contributed by atoms with Gasteiger partial charge in [-0.2, -0.15) is 0 Å². The van der Waals surface area contributed by atoms with Crippen molar-refractivity contribution in [2.75, 3.05) is 78.9 Å². The number of hydrogen-bond donors (Lipinski definition) is 7. The lowest BCUT2D eigenvalue weighted by atomic mass is 9.88. The molecule has 0 saturated heterocycles. The van der Waals surface area contributed by atoms with Gasteiger partial charge in [0, 0.05) is 150 Å². The summed E-state index contributed by atoms with van der Waals surface area (Å²) in [6.07, 6.45) is 0. The first-order chi connectivity index (χ1) is 50.0. The molecule has 15 nitrogen and oxygen atoms in total. The largest absolute Gasteiger partial charge is 0.395 e. The Labute approximate surface area is 647 Å². The van der Waals surface area contributed by atoms with Crippen LogP contribution in [0.2, 0.25) is 0 Å². The molecule has 22 heteroatoms. The van der Waals surface area contributed by atoms with Crippen molar-refractivity contribution in [3.8, 4) is 0 Å². The molecule has 0 aliphatic heterocycles. The van der Waals surface area contributed by atoms with Crippen LogP contribution in [0.25, 0.3) is 0 Å². The van der Waals surface area contributed by atoms with Gasteiger partial charge in [0.25, 0.3) is 0 Å². The van der Waals surface area contributed by atoms with Crippen LogP contribution in [-0.2, 0) is 38.5 Å². The van der Waals surface area contributed by atoms with Crippen molar-refractivity contribution < 1.29 is 58.7 Å². The summed E-state index contributed by atoms with van der Waals surface area (Å²) >= 11 is 16.7. The van der Waals surface area contributed by atoms with Crippen molar-refractivity contribution in [1.29, 1.82) is 0 Å². The Balaban J connectivity index is 0.000000272. The fourth-order valence-corrected chi connectivity index (χ4v) is 21.6. The molecule has 0 atom stereocenters. The Morgan fingerprint density at radius 1 is 0.346 bits per heavy atom. The van der Waals surface area contributed by atoms with Crippen molar-refractivity contribution in [3.63, 3.8) is 0 Å². The number of hydrogen-bond acceptors (Lipinski definition) is 15. The fraction of sp³-hybridized carbons (Fsp3) is 0.305. The molecule has 9 aromatic carbocycles. The monoisotopic (exact) mass is 1730 g/mol. The van der Waals surface area contributed by atoms with E-state index in [0.29, 0.717) is 101 Å². The highest BCUT2D eigenvalue weighted by Crippen LogP contribution is 2.52. The molecule has 0 heterocycles. The van der Waals surface area contributed by atoms with E-state index in [9.17, 15) is 43.9 Å². The van der Waals surface area contributed by atoms with Crippen LogP contribution in [0.1, 0.15) is 103 Å². The van der Waals surface area contributed by atoms with Gasteiger partial charge in [0.05, 0.1) is 39.6 Å². The standard InChI is InChI=1S/C32H43N2O6P.C24H23Cl2O2P.C22H21O2P.C4H11NO2.I2/c1-24-29(22-33(14-18-35)15-19-36)25(2)31(26(3)30(24)23-34(16-20-37)17-21-38)32(39)41(40,27-10-6-4-7-11-27)28-12-8-5-9-13-28;1-16-21(14-25)17(2)23(18(3)22(16)15-26)24(27)29(28,19-10-6-4-7-11-19)20-12-8-5-9-13-20;1-16-14-17(2)21(18(3)15-16)22(23)25(24,19-10-6-4-7-11-19)20-12-8-5-9-13-20;6-3-1-5-2-4-7;1-2/h4-13,35-38H,14-23H2,1-3H3;4-13H,14-15H2,1-3H3;4-15H,1-3H3;5-7H,1-4H2;. The zero-order valence-corrected chi connectivity index (χ0v) is 69.2. The summed E-state index contributed by atoms with van der Waals surface area (Å²) in [4.78, 5) is 46.2. The third-order valence-corrected chi connectivity index (χ3v) is 27.4. The third-order valence-electron chi connectivity index (χ3n) is 18.3. The Morgan fingerprint density at radius 2 is 0.567 bits per heavy atom. The molecule has 104 heavy (non-hydrogen) atoms. The lowest BCUT2D eigenvalue weighted by molar-refractivity contribution is 0.106. The number of carbonyl (C=O) groups is 3. The van der Waals surface area contributed by atoms with Crippen LogP contribution in [0.3, 0.4) is 0 Å². The average molecular weight is 1740 g/mol. The molecule has 9 rings (SSSR count). The number of aliphatic hydroxyl groups is 6. The predicted molar refractivity (Wildman–Crippen MR) is 447 cm³/mol. The Kier molecular flexibility index (Phi) is 38.2. The van der Waals surface area contributed by atoms with Gasteiger partial charge in [0.15, 0.2) is 0 Å². The van der Waals surface area contributed by atoms with E-state index < -0.39 is 27.0 Å². The minimum absolute atomic E-state index is 0.0827. The van der Waals surface area contributed by atoms with Crippen LogP contribution in [0.5, 0.6) is 0 Å². The topological polar surface area (TPSA) is 242 Å². The van der Waals surface area contributed by atoms with E-state index >= 15 is 4.57 Å². The Bertz CT molecular complexity index is 4130. The van der Waals surface area contributed by atoms with Gasteiger partial charge in [0.2, 0.25) is 38.0 Å². The highest BCUT2D eigenvalue weighted by atomic mass is 128. The summed E-state index contributed by atoms with van der Waals surface area (Å²) in [5.41, 5.74) is 11.6. The first-order valence-electron chi connectivity index (χ1n) is 34.1. The maximum Gasteiger partial charge on any atom is 0.230 e. The van der Waals surface area contributed by atoms with E-state index in [1.54, 1.807) is 121 Å². The SMILES string of the molecule is Cc1c(CCl)c(C)c(C(=O)P(=O)(c2ccccc2)c2ccccc2)c(C)c1CCl.Cc1c(CN(CCO)CCO)c(C)c(C(=O)P(=O)(c2ccccc2)c2ccccc2)c(C)c1CN(CCO)CCO.Cc1cc(C)c(C(=O)P(=O)(c2ccccc2)c2ccccc2)c(C)c1.II.OCCNCCO. The van der Waals surface area contributed by atoms with Crippen LogP contribution >= 0.6 is 81.9 Å². The van der Waals surface area contributed by atoms with E-state index in [2.05, 4.69) is 42.5 Å². The molecule has 0 aliphatic carbocycles. The quantitative estimate of drug-likeness (QED) is 0.00958. The first-order valence-corrected chi connectivity index (χ1v) is 46.6. The predicted octanol–water partition coefficient (Wildman–Crippen LogP) is 13.7. The molecule has 0 aliphatic rings. The van der Waals surface area contributed by atoms with Crippen LogP contribution in [-0.4, -0.2) is 136 Å². The first kappa shape index (κ1) is 89.0. The van der Waals surface area contributed by atoms with E-state index in [1.807, 2.05) is 145 Å². The Morgan fingerprint density at radius 3 is 0.788 bits per heavy atom. The van der Waals surface area contributed by atoms with Crippen molar-refractivity contribution in [2.24, 2.45) is 0 Å². The number of carbonyl (C=O) groups excluding carboxylic acids is 3. The smallest absolute Gasteiger partial charge is 0.230 e. The average Bonchev–Trinajstić information content (AvgIpc) is 0.783. The summed E-state index contributed by atoms with van der Waals surface area (Å²) in [5.74, 6) is 0.534. The van der Waals surface area contributed by atoms with Gasteiger partial charge in [-0.25, -0.2) is 0 Å². The highest BCUT2D eigenvalue weighted by Gasteiger charge is 2.42. The van der Waals surface area contributed by atoms with Crippen LogP contribution in [0.15, 0.2) is 194 Å². The van der Waals surface area contributed by atoms with Gasteiger partial charge in [-0.05, 0) is 129 Å². The second-order valence-electron chi connectivity index (χ2n) is 24.9. The van der Waals surface area contributed by atoms with Gasteiger partial charge in [0.1, 0.15) is 0 Å². The zero-order valence-electron chi connectivity index (χ0n) is 60.7. The number of aryl methyl sites for hydroxylation is 3. The number of halogens is 4. The van der Waals surface area contributed by atoms with Crippen LogP contribution < -0.4 is 37.1 Å². The normalized spacial score (nSPS) is 11.3. The summed E-state index contributed by atoms with van der Waals surface area (Å²) in [6.45, 7) is 20.5. The van der Waals surface area contributed by atoms with Gasteiger partial charge >= 0.3 is 0 Å². The van der Waals surface area contributed by atoms with Crippen molar-refractivity contribution in [3.05, 3.63) is 283 Å². The molecule has 0 spiro atoms. The minimum atomic E-state index is -3.79. The molecule has 9 aromatic rings. The number of nitrogens with one attached hydrogen (secondary N) is 1. The molecule has 0 amide bonds. The van der Waals surface area contributed by atoms with Crippen LogP contribution in [0.4, 0.5) is 0 Å². The Hall–Kier alpha value is -5.64. The van der Waals surface area contributed by atoms with Crippen molar-refractivity contribution in [2.45, 2.75) is 87.2 Å². The molecule has 0 radical (unpaired) electrons. The summed E-state index contributed by atoms with van der Waals surface area (Å²) in [6, 6.07) is 57.8. The summed E-state index contributed by atoms with van der Waals surface area (Å²) in [5, 5.41) is 60.8. The van der Waals surface area contributed by atoms with Crippen molar-refractivity contribution in [1.82, 2.24) is 15.1 Å². The van der Waals surface area contributed by atoms with Crippen LogP contribution in [0, 0.1) is 62.3 Å². The molecule has 0 saturated carbocycles. The maximum absolute atomic E-state index is 15.1. The number of alkyl halides is 2. The molecular formula is C82H98Cl2I2N3O12P3. The van der Waals surface area contributed by atoms with Gasteiger partial charge < -0.3 is 49.7 Å². The highest BCUT2D eigenvalue weighted by molar-refractivity contribution is 15.0. The van der Waals surface area contributed by atoms with Gasteiger partial charge in [-0.1, -0.05) is 200 Å². The molecular weight excluding hydrogens is 1640 g/mol. The fourth-order valence-electron chi connectivity index (χ4n) is 13.0. The molecule has 0 unspecified atom stereocenters. The molecule has 0 bridgehead atoms. The lowest BCUT2D eigenvalue weighted by Crippen LogP contribution is -2.32. The summed E-state index contributed by atoms with van der Waals surface area (Å²) in [7, 11) is -10.8. The number of aliphatic hydroxyl groups excluding tert-OH is 6. The molecule has 7 N–H and O–H groups in total. The van der Waals surface area contributed by atoms with E-state index in [4.69, 9.17) is 33.4 Å². The van der Waals surface area contributed by atoms with E-state index in [-0.39, 0.29) is 62.4 Å². The van der Waals surface area contributed by atoms with E-state index in [1.165, 1.54) is 0 Å². The second-order valence-corrected chi connectivity index (χ2v) is 33.4. The second kappa shape index (κ2) is 44.6. The van der Waals surface area contributed by atoms with E-state index in [0.717, 1.165) is 72.3 Å². The third kappa shape index (κ3) is 21.8.